The molecule has 0 radical (unpaired) electrons. The van der Waals surface area contributed by atoms with Gasteiger partial charge in [-0.15, -0.1) is 0 Å². The van der Waals surface area contributed by atoms with E-state index in [9.17, 15) is 9.59 Å². The topological polar surface area (TPSA) is 106 Å². The first-order chi connectivity index (χ1) is 10.6. The van der Waals surface area contributed by atoms with Gasteiger partial charge in [-0.2, -0.15) is 10.5 Å². The summed E-state index contributed by atoms with van der Waals surface area (Å²) in [5, 5.41) is 19.8. The Kier molecular flexibility index (Phi) is 6.94. The SMILES string of the molecule is COc1cccc(C(=O)NCCC(=O)N(CC#N)CC#N)c1. The average Bonchev–Trinajstić information content (AvgIpc) is 2.54. The van der Waals surface area contributed by atoms with E-state index in [4.69, 9.17) is 15.3 Å². The Labute approximate surface area is 128 Å². The summed E-state index contributed by atoms with van der Waals surface area (Å²) < 4.78 is 5.03. The molecule has 0 aliphatic rings. The molecule has 0 fully saturated rings. The van der Waals surface area contributed by atoms with Gasteiger partial charge in [0.15, 0.2) is 0 Å². The summed E-state index contributed by atoms with van der Waals surface area (Å²) in [6.07, 6.45) is 0.0269. The smallest absolute Gasteiger partial charge is 0.251 e. The van der Waals surface area contributed by atoms with E-state index >= 15 is 0 Å². The van der Waals surface area contributed by atoms with Gasteiger partial charge in [0, 0.05) is 18.5 Å². The van der Waals surface area contributed by atoms with Crippen molar-refractivity contribution in [2.24, 2.45) is 0 Å². The fourth-order valence-electron chi connectivity index (χ4n) is 1.71. The second-order valence-corrected chi connectivity index (χ2v) is 4.30. The van der Waals surface area contributed by atoms with Crippen molar-refractivity contribution >= 4 is 11.8 Å². The number of benzene rings is 1. The zero-order valence-corrected chi connectivity index (χ0v) is 12.2. The Morgan fingerprint density at radius 3 is 2.55 bits per heavy atom. The molecule has 114 valence electrons. The minimum absolute atomic E-state index is 0.0269. The largest absolute Gasteiger partial charge is 0.497 e. The number of nitrogens with one attached hydrogen (secondary N) is 1. The van der Waals surface area contributed by atoms with Crippen LogP contribution in [0.5, 0.6) is 5.75 Å². The number of nitrogens with zero attached hydrogens (tertiary/aromatic N) is 3. The monoisotopic (exact) mass is 300 g/mol. The molecule has 0 unspecified atom stereocenters. The first-order valence-corrected chi connectivity index (χ1v) is 6.56. The summed E-state index contributed by atoms with van der Waals surface area (Å²) in [5.41, 5.74) is 0.428. The molecule has 2 amide bonds. The highest BCUT2D eigenvalue weighted by Crippen LogP contribution is 2.12. The van der Waals surface area contributed by atoms with Crippen LogP contribution in [0.15, 0.2) is 24.3 Å². The highest BCUT2D eigenvalue weighted by atomic mass is 16.5. The fraction of sp³-hybridized carbons (Fsp3) is 0.333. The van der Waals surface area contributed by atoms with Crippen LogP contribution < -0.4 is 10.1 Å². The van der Waals surface area contributed by atoms with Crippen LogP contribution in [0, 0.1) is 22.7 Å². The number of hydrogen-bond donors (Lipinski definition) is 1. The summed E-state index contributed by atoms with van der Waals surface area (Å²) in [7, 11) is 1.51. The molecule has 1 rings (SSSR count). The van der Waals surface area contributed by atoms with Gasteiger partial charge in [0.25, 0.3) is 5.91 Å². The lowest BCUT2D eigenvalue weighted by Gasteiger charge is -2.15. The number of amides is 2. The molecule has 0 aliphatic heterocycles. The van der Waals surface area contributed by atoms with Crippen LogP contribution in [0.3, 0.4) is 0 Å². The molecule has 0 heterocycles. The molecular formula is C15H16N4O3. The van der Waals surface area contributed by atoms with Crippen LogP contribution in [-0.2, 0) is 4.79 Å². The van der Waals surface area contributed by atoms with Gasteiger partial charge < -0.3 is 15.0 Å². The maximum absolute atomic E-state index is 11.9. The van der Waals surface area contributed by atoms with Crippen molar-refractivity contribution in [2.45, 2.75) is 6.42 Å². The number of carbonyl (C=O) groups is 2. The van der Waals surface area contributed by atoms with Crippen LogP contribution in [0.1, 0.15) is 16.8 Å². The van der Waals surface area contributed by atoms with Crippen LogP contribution in [-0.4, -0.2) is 43.5 Å². The molecule has 1 aromatic rings. The number of carbonyl (C=O) groups excluding carboxylic acids is 2. The van der Waals surface area contributed by atoms with Crippen LogP contribution >= 0.6 is 0 Å². The first kappa shape index (κ1) is 17.0. The third kappa shape index (κ3) is 5.14. The lowest BCUT2D eigenvalue weighted by Crippen LogP contribution is -2.35. The van der Waals surface area contributed by atoms with Crippen molar-refractivity contribution < 1.29 is 14.3 Å². The average molecular weight is 300 g/mol. The van der Waals surface area contributed by atoms with Gasteiger partial charge in [-0.1, -0.05) is 6.07 Å². The Bertz CT molecular complexity index is 600. The van der Waals surface area contributed by atoms with Crippen LogP contribution in [0.25, 0.3) is 0 Å². The van der Waals surface area contributed by atoms with Crippen molar-refractivity contribution in [1.29, 1.82) is 10.5 Å². The molecule has 0 saturated carbocycles. The minimum Gasteiger partial charge on any atom is -0.497 e. The molecule has 1 aromatic carbocycles. The van der Waals surface area contributed by atoms with E-state index in [2.05, 4.69) is 5.32 Å². The maximum atomic E-state index is 11.9. The van der Waals surface area contributed by atoms with E-state index in [1.807, 2.05) is 12.1 Å². The number of rotatable bonds is 7. The quantitative estimate of drug-likeness (QED) is 0.746. The van der Waals surface area contributed by atoms with Crippen molar-refractivity contribution in [1.82, 2.24) is 10.2 Å². The Morgan fingerprint density at radius 1 is 1.27 bits per heavy atom. The van der Waals surface area contributed by atoms with Crippen molar-refractivity contribution in [2.75, 3.05) is 26.7 Å². The lowest BCUT2D eigenvalue weighted by molar-refractivity contribution is -0.129. The van der Waals surface area contributed by atoms with E-state index in [0.717, 1.165) is 4.90 Å². The zero-order valence-electron chi connectivity index (χ0n) is 12.2. The summed E-state index contributed by atoms with van der Waals surface area (Å²) in [6.45, 7) is -0.158. The number of nitriles is 2. The van der Waals surface area contributed by atoms with Crippen LogP contribution in [0.4, 0.5) is 0 Å². The molecule has 0 aromatic heterocycles. The second kappa shape index (κ2) is 8.98. The predicted molar refractivity (Wildman–Crippen MR) is 77.8 cm³/mol. The molecule has 7 heteroatoms. The van der Waals surface area contributed by atoms with Gasteiger partial charge in [-0.05, 0) is 18.2 Å². The maximum Gasteiger partial charge on any atom is 0.251 e. The highest BCUT2D eigenvalue weighted by Gasteiger charge is 2.13. The van der Waals surface area contributed by atoms with Gasteiger partial charge in [0.2, 0.25) is 5.91 Å². The summed E-state index contributed by atoms with van der Waals surface area (Å²) in [5.74, 6) is -0.106. The zero-order chi connectivity index (χ0) is 16.4. The second-order valence-electron chi connectivity index (χ2n) is 4.30. The van der Waals surface area contributed by atoms with Gasteiger partial charge >= 0.3 is 0 Å². The summed E-state index contributed by atoms with van der Waals surface area (Å²) >= 11 is 0. The third-order valence-corrected chi connectivity index (χ3v) is 2.83. The van der Waals surface area contributed by atoms with E-state index in [0.29, 0.717) is 11.3 Å². The predicted octanol–water partition coefficient (Wildman–Crippen LogP) is 0.691. The molecular weight excluding hydrogens is 284 g/mol. The van der Waals surface area contributed by atoms with Gasteiger partial charge in [0.05, 0.1) is 19.2 Å². The van der Waals surface area contributed by atoms with E-state index in [1.54, 1.807) is 24.3 Å². The Morgan fingerprint density at radius 2 is 1.95 bits per heavy atom. The summed E-state index contributed by atoms with van der Waals surface area (Å²) in [4.78, 5) is 24.8. The lowest BCUT2D eigenvalue weighted by atomic mass is 10.2. The first-order valence-electron chi connectivity index (χ1n) is 6.56. The Balaban J connectivity index is 2.49. The van der Waals surface area contributed by atoms with Crippen molar-refractivity contribution in [3.63, 3.8) is 0 Å². The third-order valence-electron chi connectivity index (χ3n) is 2.83. The number of methoxy groups -OCH3 is 1. The van der Waals surface area contributed by atoms with Gasteiger partial charge in [-0.3, -0.25) is 9.59 Å². The molecule has 0 spiro atoms. The molecule has 0 atom stereocenters. The van der Waals surface area contributed by atoms with Gasteiger partial charge in [0.1, 0.15) is 18.8 Å². The fourth-order valence-corrected chi connectivity index (χ4v) is 1.71. The molecule has 0 bridgehead atoms. The van der Waals surface area contributed by atoms with E-state index in [-0.39, 0.29) is 37.9 Å². The highest BCUT2D eigenvalue weighted by molar-refractivity contribution is 5.94. The van der Waals surface area contributed by atoms with Crippen LogP contribution in [0.2, 0.25) is 0 Å². The number of ether oxygens (including phenoxy) is 1. The summed E-state index contributed by atoms with van der Waals surface area (Å²) in [6, 6.07) is 10.3. The van der Waals surface area contributed by atoms with Crippen molar-refractivity contribution in [3.8, 4) is 17.9 Å². The van der Waals surface area contributed by atoms with E-state index < -0.39 is 0 Å². The normalized spacial score (nSPS) is 9.23. The molecule has 1 N–H and O–H groups in total. The van der Waals surface area contributed by atoms with Crippen molar-refractivity contribution in [3.05, 3.63) is 29.8 Å². The minimum atomic E-state index is -0.353. The molecule has 7 nitrogen and oxygen atoms in total. The standard InChI is InChI=1S/C15H16N4O3/c1-22-13-4-2-3-12(11-13)15(21)18-8-5-14(20)19(9-6-16)10-7-17/h2-4,11H,5,8-10H2,1H3,(H,18,21). The van der Waals surface area contributed by atoms with Gasteiger partial charge in [-0.25, -0.2) is 0 Å². The Hall–Kier alpha value is -3.06. The number of hydrogen-bond acceptors (Lipinski definition) is 5. The molecule has 0 aliphatic carbocycles. The van der Waals surface area contributed by atoms with E-state index in [1.165, 1.54) is 7.11 Å². The molecule has 22 heavy (non-hydrogen) atoms. The molecule has 0 saturated heterocycles.